The van der Waals surface area contributed by atoms with E-state index in [1.54, 1.807) is 18.2 Å². The SMILES string of the molecule is O=C(CCc1ccc(Cl)c(Cl)c1)N1CC(S(=O)(=O)c2ccc(F)cc2)C1. The normalized spacial score (nSPS) is 15.0. The Morgan fingerprint density at radius 2 is 1.73 bits per heavy atom. The summed E-state index contributed by atoms with van der Waals surface area (Å²) in [6.07, 6.45) is 0.767. The number of halogens is 3. The van der Waals surface area contributed by atoms with Crippen LogP contribution >= 0.6 is 23.2 Å². The van der Waals surface area contributed by atoms with Crippen LogP contribution in [0.2, 0.25) is 10.0 Å². The number of carbonyl (C=O) groups excluding carboxylic acids is 1. The molecule has 0 bridgehead atoms. The van der Waals surface area contributed by atoms with Crippen LogP contribution in [0.4, 0.5) is 4.39 Å². The third-order valence-corrected chi connectivity index (χ3v) is 7.24. The third kappa shape index (κ3) is 4.03. The van der Waals surface area contributed by atoms with Gasteiger partial charge in [0, 0.05) is 19.5 Å². The summed E-state index contributed by atoms with van der Waals surface area (Å²) in [5, 5.41) is 0.242. The van der Waals surface area contributed by atoms with E-state index >= 15 is 0 Å². The molecule has 0 N–H and O–H groups in total. The monoisotopic (exact) mass is 415 g/mol. The van der Waals surface area contributed by atoms with Gasteiger partial charge in [0.2, 0.25) is 5.91 Å². The number of rotatable bonds is 5. The number of benzene rings is 2. The van der Waals surface area contributed by atoms with Crippen molar-refractivity contribution in [1.29, 1.82) is 0 Å². The summed E-state index contributed by atoms with van der Waals surface area (Å²) in [6.45, 7) is 0.305. The zero-order valence-corrected chi connectivity index (χ0v) is 16.0. The van der Waals surface area contributed by atoms with Crippen LogP contribution in [-0.4, -0.2) is 37.6 Å². The lowest BCUT2D eigenvalue weighted by Gasteiger charge is -2.38. The predicted octanol–water partition coefficient (Wildman–Crippen LogP) is 3.75. The number of aryl methyl sites for hydroxylation is 1. The first-order valence-electron chi connectivity index (χ1n) is 7.98. The molecule has 1 amide bonds. The van der Waals surface area contributed by atoms with Crippen LogP contribution in [0.5, 0.6) is 0 Å². The number of sulfone groups is 1. The summed E-state index contributed by atoms with van der Waals surface area (Å²) in [6, 6.07) is 9.93. The van der Waals surface area contributed by atoms with E-state index < -0.39 is 20.9 Å². The smallest absolute Gasteiger partial charge is 0.222 e. The molecule has 1 aliphatic heterocycles. The maximum atomic E-state index is 12.9. The molecule has 0 unspecified atom stereocenters. The van der Waals surface area contributed by atoms with Crippen molar-refractivity contribution >= 4 is 38.9 Å². The first-order chi connectivity index (χ1) is 12.3. The first kappa shape index (κ1) is 19.1. The van der Waals surface area contributed by atoms with Gasteiger partial charge in [-0.15, -0.1) is 0 Å². The van der Waals surface area contributed by atoms with Crippen molar-refractivity contribution in [3.8, 4) is 0 Å². The molecule has 0 aromatic heterocycles. The van der Waals surface area contributed by atoms with E-state index in [9.17, 15) is 17.6 Å². The summed E-state index contributed by atoms with van der Waals surface area (Å²) in [5.74, 6) is -0.599. The average molecular weight is 416 g/mol. The lowest BCUT2D eigenvalue weighted by molar-refractivity contribution is -0.134. The van der Waals surface area contributed by atoms with Crippen molar-refractivity contribution in [3.63, 3.8) is 0 Å². The van der Waals surface area contributed by atoms with E-state index in [1.807, 2.05) is 0 Å². The molecule has 1 fully saturated rings. The molecule has 8 heteroatoms. The maximum absolute atomic E-state index is 12.9. The highest BCUT2D eigenvalue weighted by molar-refractivity contribution is 7.92. The number of likely N-dealkylation sites (tertiary alicyclic amines) is 1. The van der Waals surface area contributed by atoms with Gasteiger partial charge >= 0.3 is 0 Å². The van der Waals surface area contributed by atoms with Crippen LogP contribution in [0.1, 0.15) is 12.0 Å². The van der Waals surface area contributed by atoms with Gasteiger partial charge in [-0.2, -0.15) is 0 Å². The van der Waals surface area contributed by atoms with Crippen LogP contribution < -0.4 is 0 Å². The van der Waals surface area contributed by atoms with Gasteiger partial charge in [0.25, 0.3) is 0 Å². The van der Waals surface area contributed by atoms with Gasteiger partial charge in [-0.05, 0) is 48.4 Å². The van der Waals surface area contributed by atoms with Crippen LogP contribution in [0.25, 0.3) is 0 Å². The Bertz CT molecular complexity index is 926. The quantitative estimate of drug-likeness (QED) is 0.698. The van der Waals surface area contributed by atoms with Gasteiger partial charge in [-0.25, -0.2) is 12.8 Å². The molecule has 0 aliphatic carbocycles. The summed E-state index contributed by atoms with van der Waals surface area (Å²) in [4.78, 5) is 13.8. The van der Waals surface area contributed by atoms with Gasteiger partial charge in [-0.1, -0.05) is 29.3 Å². The lowest BCUT2D eigenvalue weighted by Crippen LogP contribution is -2.56. The van der Waals surface area contributed by atoms with E-state index in [-0.39, 0.29) is 30.3 Å². The highest BCUT2D eigenvalue weighted by Crippen LogP contribution is 2.26. The minimum absolute atomic E-state index is 0.0757. The average Bonchev–Trinajstić information content (AvgIpc) is 2.54. The molecule has 1 saturated heterocycles. The zero-order valence-electron chi connectivity index (χ0n) is 13.7. The maximum Gasteiger partial charge on any atom is 0.222 e. The van der Waals surface area contributed by atoms with Gasteiger partial charge in [0.1, 0.15) is 11.1 Å². The highest BCUT2D eigenvalue weighted by Gasteiger charge is 2.40. The molecule has 2 aromatic carbocycles. The van der Waals surface area contributed by atoms with Crippen molar-refractivity contribution in [2.75, 3.05) is 13.1 Å². The fraction of sp³-hybridized carbons (Fsp3) is 0.278. The molecule has 0 atom stereocenters. The van der Waals surface area contributed by atoms with Crippen molar-refractivity contribution < 1.29 is 17.6 Å². The molecule has 26 heavy (non-hydrogen) atoms. The summed E-state index contributed by atoms with van der Waals surface area (Å²) in [7, 11) is -3.56. The lowest BCUT2D eigenvalue weighted by atomic mass is 10.1. The zero-order chi connectivity index (χ0) is 18.9. The second-order valence-corrected chi connectivity index (χ2v) is 9.21. The van der Waals surface area contributed by atoms with E-state index in [1.165, 1.54) is 17.0 Å². The molecule has 2 aromatic rings. The topological polar surface area (TPSA) is 54.5 Å². The van der Waals surface area contributed by atoms with Crippen LogP contribution in [-0.2, 0) is 21.1 Å². The Morgan fingerprint density at radius 1 is 1.08 bits per heavy atom. The first-order valence-corrected chi connectivity index (χ1v) is 10.3. The number of amides is 1. The Balaban J connectivity index is 1.54. The number of nitrogens with zero attached hydrogens (tertiary/aromatic N) is 1. The number of carbonyl (C=O) groups is 1. The highest BCUT2D eigenvalue weighted by atomic mass is 35.5. The molecule has 4 nitrogen and oxygen atoms in total. The second-order valence-electron chi connectivity index (χ2n) is 6.17. The van der Waals surface area contributed by atoms with E-state index in [2.05, 4.69) is 0 Å². The number of hydrogen-bond donors (Lipinski definition) is 0. The standard InChI is InChI=1S/C18H16Cl2FNO3S/c19-16-7-1-12(9-17(16)20)2-8-18(23)22-10-15(11-22)26(24,25)14-5-3-13(21)4-6-14/h1,3-7,9,15H,2,8,10-11H2. The molecule has 1 heterocycles. The van der Waals surface area contributed by atoms with E-state index in [0.29, 0.717) is 16.5 Å². The fourth-order valence-electron chi connectivity index (χ4n) is 2.76. The molecule has 0 spiro atoms. The van der Waals surface area contributed by atoms with Gasteiger partial charge < -0.3 is 4.90 Å². The molecule has 0 radical (unpaired) electrons. The second kappa shape index (κ2) is 7.55. The fourth-order valence-corrected chi connectivity index (χ4v) is 4.73. The summed E-state index contributed by atoms with van der Waals surface area (Å²) < 4.78 is 37.9. The van der Waals surface area contributed by atoms with E-state index in [4.69, 9.17) is 23.2 Å². The largest absolute Gasteiger partial charge is 0.340 e. The van der Waals surface area contributed by atoms with Crippen LogP contribution in [0.3, 0.4) is 0 Å². The minimum Gasteiger partial charge on any atom is -0.340 e. The summed E-state index contributed by atoms with van der Waals surface area (Å²) >= 11 is 11.8. The van der Waals surface area contributed by atoms with Crippen molar-refractivity contribution in [3.05, 3.63) is 63.9 Å². The predicted molar refractivity (Wildman–Crippen MR) is 98.7 cm³/mol. The van der Waals surface area contributed by atoms with Crippen molar-refractivity contribution in [2.24, 2.45) is 0 Å². The molecular weight excluding hydrogens is 400 g/mol. The van der Waals surface area contributed by atoms with Crippen molar-refractivity contribution in [1.82, 2.24) is 4.90 Å². The number of hydrogen-bond acceptors (Lipinski definition) is 3. The Kier molecular flexibility index (Phi) is 5.55. The molecular formula is C18H16Cl2FNO3S. The molecule has 3 rings (SSSR count). The Hall–Kier alpha value is -1.63. The molecule has 0 saturated carbocycles. The minimum atomic E-state index is -3.56. The van der Waals surface area contributed by atoms with Crippen LogP contribution in [0, 0.1) is 5.82 Å². The third-order valence-electron chi connectivity index (χ3n) is 4.39. The van der Waals surface area contributed by atoms with Crippen LogP contribution in [0.15, 0.2) is 47.4 Å². The molecule has 138 valence electrons. The Labute approximate surface area is 161 Å². The van der Waals surface area contributed by atoms with Gasteiger partial charge in [0.05, 0.1) is 14.9 Å². The van der Waals surface area contributed by atoms with Gasteiger partial charge in [-0.3, -0.25) is 4.79 Å². The summed E-state index contributed by atoms with van der Waals surface area (Å²) in [5.41, 5.74) is 0.892. The Morgan fingerprint density at radius 3 is 2.35 bits per heavy atom. The van der Waals surface area contributed by atoms with E-state index in [0.717, 1.165) is 17.7 Å². The molecule has 1 aliphatic rings. The van der Waals surface area contributed by atoms with Gasteiger partial charge in [0.15, 0.2) is 9.84 Å². The van der Waals surface area contributed by atoms with Crippen molar-refractivity contribution in [2.45, 2.75) is 23.0 Å².